The SMILES string of the molecule is C=CCCCSCCC(=O)N1CCC[C@H]1C(N)=O. The van der Waals surface area contributed by atoms with Crippen LogP contribution in [0.1, 0.15) is 32.1 Å². The molecule has 1 fully saturated rings. The Morgan fingerprint density at radius 1 is 1.44 bits per heavy atom. The Kier molecular flexibility index (Phi) is 6.86. The third kappa shape index (κ3) is 4.72. The van der Waals surface area contributed by atoms with Crippen molar-refractivity contribution in [3.05, 3.63) is 12.7 Å². The van der Waals surface area contributed by atoms with Crippen molar-refractivity contribution < 1.29 is 9.59 Å². The number of carbonyl (C=O) groups is 2. The van der Waals surface area contributed by atoms with Crippen LogP contribution in [0.25, 0.3) is 0 Å². The molecule has 1 atom stereocenters. The lowest BCUT2D eigenvalue weighted by atomic mass is 10.2. The fraction of sp³-hybridized carbons (Fsp3) is 0.692. The Morgan fingerprint density at radius 2 is 2.22 bits per heavy atom. The Bertz CT molecular complexity index is 307. The number of carbonyl (C=O) groups excluding carboxylic acids is 2. The van der Waals surface area contributed by atoms with Crippen LogP contribution in [0.15, 0.2) is 12.7 Å². The van der Waals surface area contributed by atoms with Crippen LogP contribution in [-0.4, -0.2) is 40.8 Å². The van der Waals surface area contributed by atoms with Gasteiger partial charge in [-0.15, -0.1) is 6.58 Å². The first-order valence-electron chi connectivity index (χ1n) is 6.44. The van der Waals surface area contributed by atoms with Gasteiger partial charge in [0.15, 0.2) is 0 Å². The summed E-state index contributed by atoms with van der Waals surface area (Å²) in [6.45, 7) is 4.34. The van der Waals surface area contributed by atoms with E-state index in [0.29, 0.717) is 19.4 Å². The number of primary amides is 1. The van der Waals surface area contributed by atoms with E-state index in [0.717, 1.165) is 30.8 Å². The summed E-state index contributed by atoms with van der Waals surface area (Å²) < 4.78 is 0. The van der Waals surface area contributed by atoms with Crippen LogP contribution in [-0.2, 0) is 9.59 Å². The maximum absolute atomic E-state index is 11.9. The molecule has 1 aliphatic rings. The van der Waals surface area contributed by atoms with Gasteiger partial charge in [-0.3, -0.25) is 9.59 Å². The lowest BCUT2D eigenvalue weighted by molar-refractivity contribution is -0.136. The molecule has 102 valence electrons. The van der Waals surface area contributed by atoms with Crippen LogP contribution in [0.3, 0.4) is 0 Å². The molecule has 18 heavy (non-hydrogen) atoms. The summed E-state index contributed by atoms with van der Waals surface area (Å²) in [6, 6.07) is -0.372. The predicted molar refractivity (Wildman–Crippen MR) is 75.3 cm³/mol. The molecular weight excluding hydrogens is 248 g/mol. The first kappa shape index (κ1) is 15.1. The highest BCUT2D eigenvalue weighted by atomic mass is 32.2. The Hall–Kier alpha value is -0.970. The summed E-state index contributed by atoms with van der Waals surface area (Å²) in [5.41, 5.74) is 5.29. The number of nitrogens with zero attached hydrogens (tertiary/aromatic N) is 1. The van der Waals surface area contributed by atoms with E-state index in [-0.39, 0.29) is 17.9 Å². The van der Waals surface area contributed by atoms with Gasteiger partial charge >= 0.3 is 0 Å². The van der Waals surface area contributed by atoms with Crippen molar-refractivity contribution in [1.29, 1.82) is 0 Å². The van der Waals surface area contributed by atoms with E-state index in [1.54, 1.807) is 16.7 Å². The first-order valence-corrected chi connectivity index (χ1v) is 7.59. The Morgan fingerprint density at radius 3 is 2.89 bits per heavy atom. The summed E-state index contributed by atoms with van der Waals surface area (Å²) in [5, 5.41) is 0. The third-order valence-corrected chi connectivity index (χ3v) is 4.13. The molecule has 0 saturated carbocycles. The number of hydrogen-bond acceptors (Lipinski definition) is 3. The summed E-state index contributed by atoms with van der Waals surface area (Å²) in [4.78, 5) is 24.8. The van der Waals surface area contributed by atoms with Crippen molar-refractivity contribution in [1.82, 2.24) is 4.90 Å². The topological polar surface area (TPSA) is 63.4 Å². The molecule has 0 aromatic heterocycles. The van der Waals surface area contributed by atoms with Crippen molar-refractivity contribution in [2.45, 2.75) is 38.1 Å². The van der Waals surface area contributed by atoms with Gasteiger partial charge in [-0.25, -0.2) is 0 Å². The van der Waals surface area contributed by atoms with Gasteiger partial charge in [-0.1, -0.05) is 6.08 Å². The van der Waals surface area contributed by atoms with Crippen molar-refractivity contribution in [2.24, 2.45) is 5.73 Å². The van der Waals surface area contributed by atoms with Crippen LogP contribution < -0.4 is 5.73 Å². The number of thioether (sulfide) groups is 1. The van der Waals surface area contributed by atoms with Crippen LogP contribution >= 0.6 is 11.8 Å². The molecule has 5 heteroatoms. The molecule has 1 aliphatic heterocycles. The van der Waals surface area contributed by atoms with Crippen LogP contribution in [0.4, 0.5) is 0 Å². The van der Waals surface area contributed by atoms with Crippen molar-refractivity contribution in [3.8, 4) is 0 Å². The number of hydrogen-bond donors (Lipinski definition) is 1. The van der Waals surface area contributed by atoms with Gasteiger partial charge < -0.3 is 10.6 Å². The fourth-order valence-electron chi connectivity index (χ4n) is 2.10. The normalized spacial score (nSPS) is 18.9. The van der Waals surface area contributed by atoms with Crippen LogP contribution in [0.5, 0.6) is 0 Å². The quantitative estimate of drug-likeness (QED) is 0.537. The minimum Gasteiger partial charge on any atom is -0.368 e. The predicted octanol–water partition coefficient (Wildman–Crippen LogP) is 1.55. The molecule has 0 aromatic carbocycles. The summed E-state index contributed by atoms with van der Waals surface area (Å²) in [6.07, 6.45) is 6.14. The summed E-state index contributed by atoms with van der Waals surface area (Å²) in [7, 11) is 0. The molecule has 1 heterocycles. The number of allylic oxidation sites excluding steroid dienone is 1. The molecule has 0 bridgehead atoms. The first-order chi connectivity index (χ1) is 8.66. The Balaban J connectivity index is 2.20. The van der Waals surface area contributed by atoms with Gasteiger partial charge in [-0.2, -0.15) is 11.8 Å². The van der Waals surface area contributed by atoms with E-state index in [4.69, 9.17) is 5.73 Å². The van der Waals surface area contributed by atoms with E-state index < -0.39 is 0 Å². The van der Waals surface area contributed by atoms with E-state index in [2.05, 4.69) is 6.58 Å². The number of amides is 2. The van der Waals surface area contributed by atoms with Crippen molar-refractivity contribution >= 4 is 23.6 Å². The van der Waals surface area contributed by atoms with Crippen LogP contribution in [0, 0.1) is 0 Å². The summed E-state index contributed by atoms with van der Waals surface area (Å²) in [5.74, 6) is 1.56. The number of rotatable bonds is 8. The second-order valence-electron chi connectivity index (χ2n) is 4.44. The molecule has 0 spiro atoms. The summed E-state index contributed by atoms with van der Waals surface area (Å²) >= 11 is 1.78. The monoisotopic (exact) mass is 270 g/mol. The van der Waals surface area contributed by atoms with Gasteiger partial charge in [0, 0.05) is 18.7 Å². The smallest absolute Gasteiger partial charge is 0.240 e. The average molecular weight is 270 g/mol. The molecular formula is C13H22N2O2S. The maximum Gasteiger partial charge on any atom is 0.240 e. The standard InChI is InChI=1S/C13H22N2O2S/c1-2-3-4-9-18-10-7-12(16)15-8-5-6-11(15)13(14)17/h2,11H,1,3-10H2,(H2,14,17)/t11-/m0/s1. The molecule has 0 aliphatic carbocycles. The van der Waals surface area contributed by atoms with Crippen molar-refractivity contribution in [3.63, 3.8) is 0 Å². The largest absolute Gasteiger partial charge is 0.368 e. The second-order valence-corrected chi connectivity index (χ2v) is 5.67. The highest BCUT2D eigenvalue weighted by molar-refractivity contribution is 7.99. The molecule has 0 radical (unpaired) electrons. The highest BCUT2D eigenvalue weighted by Gasteiger charge is 2.31. The van der Waals surface area contributed by atoms with E-state index in [9.17, 15) is 9.59 Å². The molecule has 0 aromatic rings. The zero-order valence-corrected chi connectivity index (χ0v) is 11.6. The Labute approximate surface area is 113 Å². The minimum atomic E-state index is -0.375. The van der Waals surface area contributed by atoms with E-state index in [1.165, 1.54) is 0 Å². The van der Waals surface area contributed by atoms with Gasteiger partial charge in [-0.05, 0) is 31.4 Å². The minimum absolute atomic E-state index is 0.0625. The third-order valence-electron chi connectivity index (χ3n) is 3.06. The second kappa shape index (κ2) is 8.19. The van der Waals surface area contributed by atoms with Crippen molar-refractivity contribution in [2.75, 3.05) is 18.1 Å². The molecule has 2 amide bonds. The average Bonchev–Trinajstić information content (AvgIpc) is 2.82. The molecule has 2 N–H and O–H groups in total. The highest BCUT2D eigenvalue weighted by Crippen LogP contribution is 2.18. The molecule has 0 unspecified atom stereocenters. The number of likely N-dealkylation sites (tertiary alicyclic amines) is 1. The van der Waals surface area contributed by atoms with Gasteiger partial charge in [0.1, 0.15) is 6.04 Å². The van der Waals surface area contributed by atoms with Crippen LogP contribution in [0.2, 0.25) is 0 Å². The zero-order valence-electron chi connectivity index (χ0n) is 10.8. The van der Waals surface area contributed by atoms with E-state index in [1.807, 2.05) is 6.08 Å². The number of unbranched alkanes of at least 4 members (excludes halogenated alkanes) is 1. The fourth-order valence-corrected chi connectivity index (χ4v) is 2.99. The van der Waals surface area contributed by atoms with Gasteiger partial charge in [0.2, 0.25) is 11.8 Å². The lowest BCUT2D eigenvalue weighted by Crippen LogP contribution is -2.43. The van der Waals surface area contributed by atoms with E-state index >= 15 is 0 Å². The van der Waals surface area contributed by atoms with Gasteiger partial charge in [0.25, 0.3) is 0 Å². The molecule has 1 saturated heterocycles. The zero-order chi connectivity index (χ0) is 13.4. The molecule has 1 rings (SSSR count). The molecule has 4 nitrogen and oxygen atoms in total. The lowest BCUT2D eigenvalue weighted by Gasteiger charge is -2.22. The maximum atomic E-state index is 11.9. The van der Waals surface area contributed by atoms with Gasteiger partial charge in [0.05, 0.1) is 0 Å². The number of nitrogens with two attached hydrogens (primary N) is 1.